The fraction of sp³-hybridized carbons (Fsp3) is 0.400. The summed E-state index contributed by atoms with van der Waals surface area (Å²) in [5.41, 5.74) is 0.818. The molecule has 0 bridgehead atoms. The van der Waals surface area contributed by atoms with Gasteiger partial charge in [-0.3, -0.25) is 19.5 Å². The molecule has 0 saturated carbocycles. The smallest absolute Gasteiger partial charge is 0.229 e. The summed E-state index contributed by atoms with van der Waals surface area (Å²) in [4.78, 5) is 29.1. The molecule has 5 nitrogen and oxygen atoms in total. The van der Waals surface area contributed by atoms with Gasteiger partial charge in [-0.2, -0.15) is 0 Å². The number of carbonyl (C=O) groups excluding carboxylic acids is 2. The lowest BCUT2D eigenvalue weighted by Gasteiger charge is -2.24. The van der Waals surface area contributed by atoms with Crippen molar-refractivity contribution in [1.29, 1.82) is 0 Å². The lowest BCUT2D eigenvalue weighted by molar-refractivity contribution is -0.147. The summed E-state index contributed by atoms with van der Waals surface area (Å²) < 4.78 is 1.83. The van der Waals surface area contributed by atoms with E-state index >= 15 is 0 Å². The van der Waals surface area contributed by atoms with Crippen LogP contribution in [0.4, 0.5) is 0 Å². The molecule has 0 atom stereocenters. The number of hydrogen-bond acceptors (Lipinski definition) is 3. The van der Waals surface area contributed by atoms with Gasteiger partial charge in [0.25, 0.3) is 0 Å². The fourth-order valence-corrected chi connectivity index (χ4v) is 2.21. The molecule has 1 aliphatic heterocycles. The van der Waals surface area contributed by atoms with Crippen molar-refractivity contribution < 1.29 is 9.59 Å². The molecule has 106 valence electrons. The van der Waals surface area contributed by atoms with Gasteiger partial charge < -0.3 is 4.57 Å². The minimum Gasteiger partial charge on any atom is -0.310 e. The number of rotatable bonds is 5. The quantitative estimate of drug-likeness (QED) is 0.602. The molecule has 1 aromatic rings. The second-order valence-electron chi connectivity index (χ2n) is 4.68. The van der Waals surface area contributed by atoms with Crippen molar-refractivity contribution in [3.05, 3.63) is 36.5 Å². The zero-order chi connectivity index (χ0) is 14.4. The molecule has 0 N–H and O–H groups in total. The fourth-order valence-electron chi connectivity index (χ4n) is 2.21. The van der Waals surface area contributed by atoms with Crippen LogP contribution in [0.5, 0.6) is 0 Å². The van der Waals surface area contributed by atoms with E-state index < -0.39 is 0 Å². The maximum absolute atomic E-state index is 11.6. The van der Waals surface area contributed by atoms with E-state index in [1.165, 1.54) is 4.90 Å². The number of amides is 2. The van der Waals surface area contributed by atoms with Gasteiger partial charge in [0.2, 0.25) is 11.8 Å². The highest BCUT2D eigenvalue weighted by Crippen LogP contribution is 2.12. The number of nitrogens with zero attached hydrogens (tertiary/aromatic N) is 3. The Hall–Kier alpha value is -2.17. The molecule has 20 heavy (non-hydrogen) atoms. The number of aromatic nitrogens is 1. The zero-order valence-electron chi connectivity index (χ0n) is 11.5. The van der Waals surface area contributed by atoms with Gasteiger partial charge in [0.15, 0.2) is 0 Å². The number of likely N-dealkylation sites (tertiary alicyclic amines) is 1. The van der Waals surface area contributed by atoms with Gasteiger partial charge in [-0.15, -0.1) is 0 Å². The molecule has 0 aromatic carbocycles. The molecule has 0 aliphatic carbocycles. The predicted molar refractivity (Wildman–Crippen MR) is 76.4 cm³/mol. The summed E-state index contributed by atoms with van der Waals surface area (Å²) in [6, 6.07) is 5.72. The standard InChI is InChI=1S/C15H19N3O2/c1-2-17-11-4-3-7-13(17)16-10-6-12-18-14(19)8-5-9-15(18)20/h2-4,7,11H,1,5-6,8-10,12H2/b16-13-. The van der Waals surface area contributed by atoms with E-state index in [0.717, 1.165) is 5.49 Å². The second kappa shape index (κ2) is 6.84. The number of hydrogen-bond donors (Lipinski definition) is 0. The highest BCUT2D eigenvalue weighted by atomic mass is 16.2. The van der Waals surface area contributed by atoms with Crippen LogP contribution in [0.3, 0.4) is 0 Å². The monoisotopic (exact) mass is 273 g/mol. The van der Waals surface area contributed by atoms with Crippen LogP contribution in [0.15, 0.2) is 36.0 Å². The molecular formula is C15H19N3O2. The molecule has 1 aliphatic rings. The molecule has 0 radical (unpaired) electrons. The minimum atomic E-state index is -0.0536. The number of carbonyl (C=O) groups is 2. The summed E-state index contributed by atoms with van der Waals surface area (Å²) in [5, 5.41) is 0. The molecule has 2 heterocycles. The van der Waals surface area contributed by atoms with Crippen LogP contribution in [-0.4, -0.2) is 34.4 Å². The summed E-state index contributed by atoms with van der Waals surface area (Å²) in [6.45, 7) is 4.76. The van der Waals surface area contributed by atoms with E-state index in [-0.39, 0.29) is 11.8 Å². The van der Waals surface area contributed by atoms with E-state index in [9.17, 15) is 9.59 Å². The summed E-state index contributed by atoms with van der Waals surface area (Å²) >= 11 is 0. The molecule has 0 unspecified atom stereocenters. The van der Waals surface area contributed by atoms with Crippen molar-refractivity contribution in [3.8, 4) is 0 Å². The van der Waals surface area contributed by atoms with E-state index in [4.69, 9.17) is 0 Å². The van der Waals surface area contributed by atoms with Crippen molar-refractivity contribution in [3.63, 3.8) is 0 Å². The lowest BCUT2D eigenvalue weighted by atomic mass is 10.1. The zero-order valence-corrected chi connectivity index (χ0v) is 11.5. The van der Waals surface area contributed by atoms with E-state index in [2.05, 4.69) is 11.6 Å². The molecule has 5 heteroatoms. The summed E-state index contributed by atoms with van der Waals surface area (Å²) in [7, 11) is 0. The average Bonchev–Trinajstić information content (AvgIpc) is 2.46. The van der Waals surface area contributed by atoms with Gasteiger partial charge in [-0.25, -0.2) is 0 Å². The van der Waals surface area contributed by atoms with Crippen molar-refractivity contribution in [2.75, 3.05) is 13.1 Å². The van der Waals surface area contributed by atoms with Crippen LogP contribution in [-0.2, 0) is 9.59 Å². The Labute approximate surface area is 118 Å². The number of imide groups is 1. The third kappa shape index (κ3) is 3.44. The number of piperidine rings is 1. The van der Waals surface area contributed by atoms with Gasteiger partial charge in [0, 0.05) is 38.3 Å². The second-order valence-corrected chi connectivity index (χ2v) is 4.68. The topological polar surface area (TPSA) is 54.7 Å². The first-order valence-electron chi connectivity index (χ1n) is 6.86. The summed E-state index contributed by atoms with van der Waals surface area (Å²) in [5.74, 6) is -0.107. The SMILES string of the molecule is C=Cn1cccc/c1=N/CCCN1C(=O)CCCC1=O. The Morgan fingerprint density at radius 3 is 2.70 bits per heavy atom. The molecule has 1 saturated heterocycles. The van der Waals surface area contributed by atoms with Crippen LogP contribution in [0.2, 0.25) is 0 Å². The lowest BCUT2D eigenvalue weighted by Crippen LogP contribution is -2.40. The normalized spacial score (nSPS) is 16.6. The van der Waals surface area contributed by atoms with Gasteiger partial charge in [0.05, 0.1) is 0 Å². The average molecular weight is 273 g/mol. The Balaban J connectivity index is 1.91. The van der Waals surface area contributed by atoms with Gasteiger partial charge in [0.1, 0.15) is 5.49 Å². The molecule has 0 spiro atoms. The van der Waals surface area contributed by atoms with E-state index in [1.54, 1.807) is 6.20 Å². The maximum Gasteiger partial charge on any atom is 0.229 e. The molecule has 1 aromatic heterocycles. The van der Waals surface area contributed by atoms with E-state index in [1.807, 2.05) is 29.0 Å². The maximum atomic E-state index is 11.6. The molecule has 2 rings (SSSR count). The van der Waals surface area contributed by atoms with Crippen LogP contribution < -0.4 is 5.49 Å². The minimum absolute atomic E-state index is 0.0536. The Morgan fingerprint density at radius 1 is 1.25 bits per heavy atom. The van der Waals surface area contributed by atoms with Crippen LogP contribution in [0.25, 0.3) is 6.20 Å². The van der Waals surface area contributed by atoms with Crippen LogP contribution in [0, 0.1) is 0 Å². The Morgan fingerprint density at radius 2 is 2.00 bits per heavy atom. The molecule has 2 amide bonds. The van der Waals surface area contributed by atoms with Crippen molar-refractivity contribution in [2.24, 2.45) is 4.99 Å². The van der Waals surface area contributed by atoms with Gasteiger partial charge >= 0.3 is 0 Å². The van der Waals surface area contributed by atoms with Crippen molar-refractivity contribution in [1.82, 2.24) is 9.47 Å². The highest BCUT2D eigenvalue weighted by Gasteiger charge is 2.24. The largest absolute Gasteiger partial charge is 0.310 e. The first kappa shape index (κ1) is 14.2. The van der Waals surface area contributed by atoms with Gasteiger partial charge in [-0.05, 0) is 25.0 Å². The third-order valence-corrected chi connectivity index (χ3v) is 3.26. The summed E-state index contributed by atoms with van der Waals surface area (Å²) in [6.07, 6.45) is 5.90. The van der Waals surface area contributed by atoms with Crippen LogP contribution >= 0.6 is 0 Å². The van der Waals surface area contributed by atoms with Crippen molar-refractivity contribution >= 4 is 18.0 Å². The van der Waals surface area contributed by atoms with Crippen molar-refractivity contribution in [2.45, 2.75) is 25.7 Å². The van der Waals surface area contributed by atoms with Crippen LogP contribution in [0.1, 0.15) is 25.7 Å². The third-order valence-electron chi connectivity index (χ3n) is 3.26. The predicted octanol–water partition coefficient (Wildman–Crippen LogP) is 1.42. The Bertz CT molecular complexity index is 558. The Kier molecular flexibility index (Phi) is 4.87. The van der Waals surface area contributed by atoms with Gasteiger partial charge in [-0.1, -0.05) is 12.6 Å². The van der Waals surface area contributed by atoms with E-state index in [0.29, 0.717) is 38.8 Å². The molecule has 1 fully saturated rings. The first-order chi connectivity index (χ1) is 9.72. The molecular weight excluding hydrogens is 254 g/mol. The first-order valence-corrected chi connectivity index (χ1v) is 6.86. The number of pyridine rings is 1. The highest BCUT2D eigenvalue weighted by molar-refractivity contribution is 5.97.